The maximum absolute atomic E-state index is 12.2. The molecule has 0 unspecified atom stereocenters. The highest BCUT2D eigenvalue weighted by Crippen LogP contribution is 2.29. The average Bonchev–Trinajstić information content (AvgIpc) is 3.14. The van der Waals surface area contributed by atoms with E-state index < -0.39 is 0 Å². The van der Waals surface area contributed by atoms with E-state index in [4.69, 9.17) is 9.72 Å². The number of hydrogen-bond acceptors (Lipinski definition) is 7. The zero-order valence-corrected chi connectivity index (χ0v) is 17.6. The molecule has 2 heterocycles. The first kappa shape index (κ1) is 21.0. The topological polar surface area (TPSA) is 101 Å². The van der Waals surface area contributed by atoms with Crippen LogP contribution in [-0.4, -0.2) is 53.1 Å². The second kappa shape index (κ2) is 9.17. The monoisotopic (exact) mass is 398 g/mol. The molecule has 0 saturated heterocycles. The highest BCUT2D eigenvalue weighted by Gasteiger charge is 2.21. The highest BCUT2D eigenvalue weighted by atomic mass is 16.5. The number of carbonyl (C=O) groups is 1. The Balaban J connectivity index is 1.80. The maximum atomic E-state index is 12.2. The number of carbonyl (C=O) groups excluding carboxylic acids is 1. The zero-order chi connectivity index (χ0) is 20.9. The number of aromatic nitrogens is 3. The molecule has 156 valence electrons. The van der Waals surface area contributed by atoms with Crippen LogP contribution in [0.3, 0.4) is 0 Å². The van der Waals surface area contributed by atoms with Gasteiger partial charge < -0.3 is 20.7 Å². The van der Waals surface area contributed by atoms with E-state index in [9.17, 15) is 4.79 Å². The minimum Gasteiger partial charge on any atom is -0.492 e. The van der Waals surface area contributed by atoms with Gasteiger partial charge in [0.05, 0.1) is 6.54 Å². The zero-order valence-electron chi connectivity index (χ0n) is 17.6. The van der Waals surface area contributed by atoms with Crippen molar-refractivity contribution in [2.24, 2.45) is 0 Å². The molecule has 0 atom stereocenters. The summed E-state index contributed by atoms with van der Waals surface area (Å²) in [5.41, 5.74) is 2.51. The van der Waals surface area contributed by atoms with Gasteiger partial charge in [0.1, 0.15) is 23.9 Å². The van der Waals surface area contributed by atoms with Gasteiger partial charge in [0.2, 0.25) is 5.91 Å². The molecule has 1 amide bonds. The molecule has 0 radical (unpaired) electrons. The van der Waals surface area contributed by atoms with E-state index in [2.05, 4.69) is 25.9 Å². The van der Waals surface area contributed by atoms with Crippen molar-refractivity contribution in [3.63, 3.8) is 0 Å². The van der Waals surface area contributed by atoms with E-state index in [1.807, 2.05) is 40.0 Å². The highest BCUT2D eigenvalue weighted by molar-refractivity contribution is 5.81. The second-order valence-corrected chi connectivity index (χ2v) is 8.16. The van der Waals surface area contributed by atoms with E-state index in [1.165, 1.54) is 0 Å². The molecule has 0 spiro atoms. The molecule has 1 aliphatic carbocycles. The normalized spacial score (nSPS) is 13.1. The van der Waals surface area contributed by atoms with E-state index in [1.54, 1.807) is 6.20 Å². The van der Waals surface area contributed by atoms with Crippen molar-refractivity contribution in [3.8, 4) is 17.3 Å². The molecule has 0 aliphatic heterocycles. The second-order valence-electron chi connectivity index (χ2n) is 8.16. The summed E-state index contributed by atoms with van der Waals surface area (Å²) in [6, 6.07) is 3.67. The summed E-state index contributed by atoms with van der Waals surface area (Å²) in [5.74, 6) is 1.93. The Bertz CT molecular complexity index is 863. The Hall–Kier alpha value is -2.74. The number of fused-ring (bicyclic) bond motifs is 1. The van der Waals surface area contributed by atoms with Crippen LogP contribution < -0.4 is 20.7 Å². The summed E-state index contributed by atoms with van der Waals surface area (Å²) in [7, 11) is 1.88. The van der Waals surface area contributed by atoms with Gasteiger partial charge in [0, 0.05) is 35.6 Å². The van der Waals surface area contributed by atoms with Gasteiger partial charge in [-0.25, -0.2) is 9.97 Å². The lowest BCUT2D eigenvalue weighted by Gasteiger charge is -2.21. The number of hydrogen-bond donors (Lipinski definition) is 3. The van der Waals surface area contributed by atoms with Gasteiger partial charge in [0.25, 0.3) is 0 Å². The van der Waals surface area contributed by atoms with E-state index >= 15 is 0 Å². The summed E-state index contributed by atoms with van der Waals surface area (Å²) in [6.07, 6.45) is 4.56. The summed E-state index contributed by atoms with van der Waals surface area (Å²) in [6.45, 7) is 7.38. The van der Waals surface area contributed by atoms with Crippen LogP contribution in [0.2, 0.25) is 0 Å². The van der Waals surface area contributed by atoms with Crippen LogP contribution in [0.1, 0.15) is 38.4 Å². The third-order valence-corrected chi connectivity index (χ3v) is 4.45. The third kappa shape index (κ3) is 5.87. The fourth-order valence-electron chi connectivity index (χ4n) is 3.21. The van der Waals surface area contributed by atoms with Gasteiger partial charge in [-0.15, -0.1) is 0 Å². The first-order chi connectivity index (χ1) is 13.9. The Kier molecular flexibility index (Phi) is 6.64. The largest absolute Gasteiger partial charge is 0.492 e. The van der Waals surface area contributed by atoms with Crippen LogP contribution in [0.4, 0.5) is 5.82 Å². The van der Waals surface area contributed by atoms with Crippen molar-refractivity contribution in [1.29, 1.82) is 0 Å². The number of rotatable bonds is 8. The number of anilines is 1. The summed E-state index contributed by atoms with van der Waals surface area (Å²) in [5, 5.41) is 9.21. The van der Waals surface area contributed by atoms with Gasteiger partial charge in [-0.05, 0) is 53.1 Å². The fourth-order valence-corrected chi connectivity index (χ4v) is 3.21. The lowest BCUT2D eigenvalue weighted by atomic mass is 10.1. The average molecular weight is 399 g/mol. The summed E-state index contributed by atoms with van der Waals surface area (Å²) < 4.78 is 5.73. The summed E-state index contributed by atoms with van der Waals surface area (Å²) >= 11 is 0. The molecule has 2 aromatic heterocycles. The number of nitrogens with one attached hydrogen (secondary N) is 3. The molecule has 8 nitrogen and oxygen atoms in total. The number of pyridine rings is 1. The molecule has 0 fully saturated rings. The third-order valence-electron chi connectivity index (χ3n) is 4.45. The molecular formula is C21H30N6O2. The Morgan fingerprint density at radius 2 is 2.07 bits per heavy atom. The number of aryl methyl sites for hydroxylation is 1. The van der Waals surface area contributed by atoms with Crippen LogP contribution in [0.15, 0.2) is 18.3 Å². The maximum Gasteiger partial charge on any atom is 0.239 e. The Morgan fingerprint density at radius 1 is 1.24 bits per heavy atom. The van der Waals surface area contributed by atoms with Crippen molar-refractivity contribution in [1.82, 2.24) is 25.6 Å². The Morgan fingerprint density at radius 3 is 2.83 bits per heavy atom. The number of likely N-dealkylation sites (N-methyl/N-ethyl adjacent to an activating group) is 1. The van der Waals surface area contributed by atoms with Gasteiger partial charge in [0.15, 0.2) is 5.82 Å². The number of nitrogens with zero attached hydrogens (tertiary/aromatic N) is 3. The lowest BCUT2D eigenvalue weighted by molar-refractivity contribution is -0.120. The SMILES string of the molecule is CNCCOc1ccnc(-c2nc3c(c(NCC(=O)NC(C)(C)C)n2)CCC3)c1. The smallest absolute Gasteiger partial charge is 0.239 e. The van der Waals surface area contributed by atoms with E-state index in [-0.39, 0.29) is 18.0 Å². The first-order valence-corrected chi connectivity index (χ1v) is 10.0. The van der Waals surface area contributed by atoms with E-state index in [0.29, 0.717) is 18.1 Å². The molecular weight excluding hydrogens is 368 g/mol. The number of amides is 1. The van der Waals surface area contributed by atoms with Crippen LogP contribution in [0.5, 0.6) is 5.75 Å². The predicted molar refractivity (Wildman–Crippen MR) is 113 cm³/mol. The van der Waals surface area contributed by atoms with Crippen molar-refractivity contribution in [2.45, 2.75) is 45.6 Å². The molecule has 1 aliphatic rings. The van der Waals surface area contributed by atoms with Gasteiger partial charge >= 0.3 is 0 Å². The van der Waals surface area contributed by atoms with Crippen molar-refractivity contribution in [2.75, 3.05) is 32.1 Å². The molecule has 29 heavy (non-hydrogen) atoms. The lowest BCUT2D eigenvalue weighted by Crippen LogP contribution is -2.43. The van der Waals surface area contributed by atoms with Crippen LogP contribution in [-0.2, 0) is 17.6 Å². The predicted octanol–water partition coefficient (Wildman–Crippen LogP) is 1.95. The Labute approximate surface area is 171 Å². The molecule has 8 heteroatoms. The fraction of sp³-hybridized carbons (Fsp3) is 0.524. The van der Waals surface area contributed by atoms with Crippen LogP contribution in [0.25, 0.3) is 11.5 Å². The quantitative estimate of drug-likeness (QED) is 0.584. The van der Waals surface area contributed by atoms with Crippen molar-refractivity contribution in [3.05, 3.63) is 29.6 Å². The number of ether oxygens (including phenoxy) is 1. The van der Waals surface area contributed by atoms with Gasteiger partial charge in [-0.2, -0.15) is 0 Å². The van der Waals surface area contributed by atoms with E-state index in [0.717, 1.165) is 48.6 Å². The minimum atomic E-state index is -0.269. The summed E-state index contributed by atoms with van der Waals surface area (Å²) in [4.78, 5) is 26.0. The van der Waals surface area contributed by atoms with Gasteiger partial charge in [-0.1, -0.05) is 0 Å². The molecule has 0 aromatic carbocycles. The van der Waals surface area contributed by atoms with Crippen molar-refractivity contribution < 1.29 is 9.53 Å². The van der Waals surface area contributed by atoms with Crippen LogP contribution >= 0.6 is 0 Å². The molecule has 3 rings (SSSR count). The standard InChI is InChI=1S/C21H30N6O2/c1-21(2,3)27-18(28)13-24-19-15-6-5-7-16(15)25-20(26-19)17-12-14(8-9-23-17)29-11-10-22-4/h8-9,12,22H,5-7,10-11,13H2,1-4H3,(H,27,28)(H,24,25,26). The molecule has 2 aromatic rings. The van der Waals surface area contributed by atoms with Crippen LogP contribution in [0, 0.1) is 0 Å². The molecule has 0 saturated carbocycles. The van der Waals surface area contributed by atoms with Crippen molar-refractivity contribution >= 4 is 11.7 Å². The minimum absolute atomic E-state index is 0.0672. The molecule has 3 N–H and O–H groups in total. The first-order valence-electron chi connectivity index (χ1n) is 10.0. The molecule has 0 bridgehead atoms. The van der Waals surface area contributed by atoms with Gasteiger partial charge in [-0.3, -0.25) is 9.78 Å².